The number of aryl methyl sites for hydroxylation is 3. The summed E-state index contributed by atoms with van der Waals surface area (Å²) < 4.78 is 5.40. The lowest BCUT2D eigenvalue weighted by Gasteiger charge is -2.06. The number of primary amides is 1. The number of fused-ring (bicyclic) bond motifs is 1. The van der Waals surface area contributed by atoms with Crippen LogP contribution in [-0.4, -0.2) is 27.6 Å². The SMILES string of the molecule is CC(=O)c1c(C)oc(NC(=O)c2ccc3nc(C)c(C)nc3c2)c1C(N)=O. The molecular formula is C19H18N4O4. The molecule has 2 amide bonds. The van der Waals surface area contributed by atoms with Crippen LogP contribution in [0.2, 0.25) is 0 Å². The molecule has 3 rings (SSSR count). The van der Waals surface area contributed by atoms with Crippen LogP contribution in [0.25, 0.3) is 11.0 Å². The van der Waals surface area contributed by atoms with Gasteiger partial charge in [-0.05, 0) is 45.9 Å². The molecule has 0 radical (unpaired) electrons. The van der Waals surface area contributed by atoms with Crippen molar-refractivity contribution in [3.63, 3.8) is 0 Å². The van der Waals surface area contributed by atoms with Gasteiger partial charge in [0.05, 0.1) is 28.0 Å². The second-order valence-electron chi connectivity index (χ2n) is 6.21. The molecule has 0 aliphatic carbocycles. The first kappa shape index (κ1) is 18.2. The number of aromatic nitrogens is 2. The maximum Gasteiger partial charge on any atom is 0.258 e. The molecule has 0 aliphatic rings. The average Bonchev–Trinajstić information content (AvgIpc) is 2.91. The Labute approximate surface area is 154 Å². The van der Waals surface area contributed by atoms with E-state index in [2.05, 4.69) is 15.3 Å². The molecule has 3 aromatic rings. The fourth-order valence-electron chi connectivity index (χ4n) is 2.84. The van der Waals surface area contributed by atoms with E-state index >= 15 is 0 Å². The van der Waals surface area contributed by atoms with Crippen LogP contribution in [0.1, 0.15) is 55.1 Å². The minimum Gasteiger partial charge on any atom is -0.444 e. The Morgan fingerprint density at radius 3 is 2.22 bits per heavy atom. The van der Waals surface area contributed by atoms with Crippen LogP contribution in [0.3, 0.4) is 0 Å². The number of hydrogen-bond acceptors (Lipinski definition) is 6. The van der Waals surface area contributed by atoms with E-state index in [0.717, 1.165) is 11.4 Å². The van der Waals surface area contributed by atoms with Crippen LogP contribution in [0.15, 0.2) is 22.6 Å². The fourth-order valence-corrected chi connectivity index (χ4v) is 2.84. The van der Waals surface area contributed by atoms with Gasteiger partial charge in [0.25, 0.3) is 11.8 Å². The van der Waals surface area contributed by atoms with Gasteiger partial charge < -0.3 is 10.2 Å². The lowest BCUT2D eigenvalue weighted by molar-refractivity contribution is 0.0974. The quantitative estimate of drug-likeness (QED) is 0.683. The molecule has 0 fully saturated rings. The van der Waals surface area contributed by atoms with E-state index in [1.165, 1.54) is 13.8 Å². The summed E-state index contributed by atoms with van der Waals surface area (Å²) in [7, 11) is 0. The van der Waals surface area contributed by atoms with E-state index in [1.807, 2.05) is 13.8 Å². The van der Waals surface area contributed by atoms with Crippen molar-refractivity contribution in [3.8, 4) is 0 Å². The van der Waals surface area contributed by atoms with Crippen molar-refractivity contribution >= 4 is 34.5 Å². The summed E-state index contributed by atoms with van der Waals surface area (Å²) in [6.07, 6.45) is 0. The highest BCUT2D eigenvalue weighted by Crippen LogP contribution is 2.28. The number of nitrogens with one attached hydrogen (secondary N) is 1. The Morgan fingerprint density at radius 2 is 1.63 bits per heavy atom. The van der Waals surface area contributed by atoms with Crippen molar-refractivity contribution in [2.75, 3.05) is 5.32 Å². The van der Waals surface area contributed by atoms with Gasteiger partial charge in [-0.1, -0.05) is 0 Å². The Morgan fingerprint density at radius 1 is 1.00 bits per heavy atom. The first-order valence-electron chi connectivity index (χ1n) is 8.19. The Bertz CT molecular complexity index is 1110. The third kappa shape index (κ3) is 3.29. The molecule has 0 aliphatic heterocycles. The fraction of sp³-hybridized carbons (Fsp3) is 0.211. The van der Waals surface area contributed by atoms with Gasteiger partial charge in [-0.25, -0.2) is 9.97 Å². The molecule has 0 unspecified atom stereocenters. The number of carbonyl (C=O) groups excluding carboxylic acids is 3. The van der Waals surface area contributed by atoms with Crippen molar-refractivity contribution in [1.29, 1.82) is 0 Å². The van der Waals surface area contributed by atoms with Gasteiger partial charge in [-0.3, -0.25) is 19.7 Å². The van der Waals surface area contributed by atoms with E-state index in [0.29, 0.717) is 16.6 Å². The molecule has 1 aromatic carbocycles. The van der Waals surface area contributed by atoms with E-state index < -0.39 is 11.8 Å². The average molecular weight is 366 g/mol. The van der Waals surface area contributed by atoms with Gasteiger partial charge in [0.1, 0.15) is 11.3 Å². The molecular weight excluding hydrogens is 348 g/mol. The third-order valence-corrected chi connectivity index (χ3v) is 4.25. The van der Waals surface area contributed by atoms with Crippen molar-refractivity contribution in [2.45, 2.75) is 27.7 Å². The van der Waals surface area contributed by atoms with Gasteiger partial charge in [0, 0.05) is 5.56 Å². The molecule has 3 N–H and O–H groups in total. The molecule has 0 spiro atoms. The second-order valence-corrected chi connectivity index (χ2v) is 6.21. The lowest BCUT2D eigenvalue weighted by atomic mass is 10.1. The summed E-state index contributed by atoms with van der Waals surface area (Å²) in [5, 5.41) is 2.51. The van der Waals surface area contributed by atoms with E-state index in [1.54, 1.807) is 18.2 Å². The Kier molecular flexibility index (Phi) is 4.49. The number of nitrogens with two attached hydrogens (primary N) is 1. The zero-order valence-electron chi connectivity index (χ0n) is 15.3. The molecule has 138 valence electrons. The van der Waals surface area contributed by atoms with E-state index in [9.17, 15) is 14.4 Å². The molecule has 0 saturated carbocycles. The van der Waals surface area contributed by atoms with Crippen LogP contribution in [0.4, 0.5) is 5.88 Å². The van der Waals surface area contributed by atoms with Crippen molar-refractivity contribution < 1.29 is 18.8 Å². The maximum atomic E-state index is 12.6. The van der Waals surface area contributed by atoms with Gasteiger partial charge in [0.2, 0.25) is 5.88 Å². The Hall–Kier alpha value is -3.55. The summed E-state index contributed by atoms with van der Waals surface area (Å²) in [5.74, 6) is -1.70. The number of Topliss-reactive ketones (excluding diaryl/α,β-unsaturated/α-hetero) is 1. The maximum absolute atomic E-state index is 12.6. The predicted molar refractivity (Wildman–Crippen MR) is 98.9 cm³/mol. The molecule has 8 nitrogen and oxygen atoms in total. The zero-order valence-corrected chi connectivity index (χ0v) is 15.3. The van der Waals surface area contributed by atoms with E-state index in [-0.39, 0.29) is 28.6 Å². The van der Waals surface area contributed by atoms with Crippen molar-refractivity contribution in [2.24, 2.45) is 5.73 Å². The number of anilines is 1. The molecule has 8 heteroatoms. The first-order valence-corrected chi connectivity index (χ1v) is 8.19. The number of carbonyl (C=O) groups is 3. The summed E-state index contributed by atoms with van der Waals surface area (Å²) in [4.78, 5) is 45.0. The van der Waals surface area contributed by atoms with E-state index in [4.69, 9.17) is 10.2 Å². The normalized spacial score (nSPS) is 10.8. The van der Waals surface area contributed by atoms with Crippen LogP contribution in [0, 0.1) is 20.8 Å². The van der Waals surface area contributed by atoms with Crippen LogP contribution < -0.4 is 11.1 Å². The molecule has 0 saturated heterocycles. The number of rotatable bonds is 4. The zero-order chi connectivity index (χ0) is 19.9. The highest BCUT2D eigenvalue weighted by Gasteiger charge is 2.26. The van der Waals surface area contributed by atoms with Gasteiger partial charge >= 0.3 is 0 Å². The highest BCUT2D eigenvalue weighted by molar-refractivity contribution is 6.14. The minimum absolute atomic E-state index is 0.0632. The van der Waals surface area contributed by atoms with Gasteiger partial charge in [-0.15, -0.1) is 0 Å². The van der Waals surface area contributed by atoms with Crippen LogP contribution in [-0.2, 0) is 0 Å². The van der Waals surface area contributed by atoms with Gasteiger partial charge in [-0.2, -0.15) is 0 Å². The summed E-state index contributed by atoms with van der Waals surface area (Å²) in [5.41, 5.74) is 8.41. The molecule has 2 heterocycles. The molecule has 27 heavy (non-hydrogen) atoms. The number of hydrogen-bond donors (Lipinski definition) is 2. The largest absolute Gasteiger partial charge is 0.444 e. The van der Waals surface area contributed by atoms with Crippen molar-refractivity contribution in [1.82, 2.24) is 9.97 Å². The molecule has 0 bridgehead atoms. The summed E-state index contributed by atoms with van der Waals surface area (Å²) in [6.45, 7) is 6.51. The summed E-state index contributed by atoms with van der Waals surface area (Å²) >= 11 is 0. The smallest absolute Gasteiger partial charge is 0.258 e. The van der Waals surface area contributed by atoms with Crippen LogP contribution in [0.5, 0.6) is 0 Å². The van der Waals surface area contributed by atoms with Gasteiger partial charge in [0.15, 0.2) is 5.78 Å². The minimum atomic E-state index is -0.858. The number of ketones is 1. The number of benzene rings is 1. The predicted octanol–water partition coefficient (Wildman–Crippen LogP) is 2.70. The monoisotopic (exact) mass is 366 g/mol. The van der Waals surface area contributed by atoms with Crippen molar-refractivity contribution in [3.05, 3.63) is 52.0 Å². The lowest BCUT2D eigenvalue weighted by Crippen LogP contribution is -2.19. The topological polar surface area (TPSA) is 128 Å². The Balaban J connectivity index is 2.00. The first-order chi connectivity index (χ1) is 12.7. The second kappa shape index (κ2) is 6.64. The standard InChI is InChI=1S/C19H18N4O4/c1-8-9(2)22-14-7-12(5-6-13(14)21-8)18(26)23-19-16(17(20)25)15(10(3)24)11(4)27-19/h5-7H,1-4H3,(H2,20,25)(H,23,26). The summed E-state index contributed by atoms with van der Waals surface area (Å²) in [6, 6.07) is 4.87. The number of amides is 2. The highest BCUT2D eigenvalue weighted by atomic mass is 16.4. The van der Waals surface area contributed by atoms with Crippen LogP contribution >= 0.6 is 0 Å². The third-order valence-electron chi connectivity index (χ3n) is 4.25. The molecule has 2 aromatic heterocycles. The number of furan rings is 1. The number of nitrogens with zero attached hydrogens (tertiary/aromatic N) is 2. The molecule has 0 atom stereocenters.